The number of amides is 1. The molecule has 0 aliphatic carbocycles. The number of aromatic nitrogens is 1. The van der Waals surface area contributed by atoms with Crippen LogP contribution in [0.5, 0.6) is 0 Å². The number of carbonyl (C=O) groups is 2. The number of carbonyl (C=O) groups excluding carboxylic acids is 1. The predicted octanol–water partition coefficient (Wildman–Crippen LogP) is 3.63. The molecule has 27 heavy (non-hydrogen) atoms. The van der Waals surface area contributed by atoms with E-state index in [0.29, 0.717) is 5.69 Å². The maximum absolute atomic E-state index is 12.8. The van der Waals surface area contributed by atoms with Crippen LogP contribution in [0.2, 0.25) is 0 Å². The maximum atomic E-state index is 12.8. The van der Waals surface area contributed by atoms with Gasteiger partial charge in [-0.25, -0.2) is 0 Å². The lowest BCUT2D eigenvalue weighted by molar-refractivity contribution is -0.160. The molecule has 0 saturated carbocycles. The summed E-state index contributed by atoms with van der Waals surface area (Å²) in [4.78, 5) is 24.7. The molecule has 1 amide bonds. The third kappa shape index (κ3) is 2.77. The number of carboxylic acids is 1. The highest BCUT2D eigenvalue weighted by molar-refractivity contribution is 6.12. The highest BCUT2D eigenvalue weighted by Crippen LogP contribution is 2.34. The second-order valence-electron chi connectivity index (χ2n) is 6.95. The lowest BCUT2D eigenvalue weighted by atomic mass is 9.79. The van der Waals surface area contributed by atoms with E-state index in [1.165, 1.54) is 0 Å². The van der Waals surface area contributed by atoms with E-state index in [1.807, 2.05) is 30.3 Å². The van der Waals surface area contributed by atoms with E-state index in [2.05, 4.69) is 28.9 Å². The Kier molecular flexibility index (Phi) is 4.36. The van der Waals surface area contributed by atoms with E-state index >= 15 is 0 Å². The Morgan fingerprint density at radius 2 is 1.81 bits per heavy atom. The first-order chi connectivity index (χ1) is 13.1. The molecule has 0 atom stereocenters. The van der Waals surface area contributed by atoms with Gasteiger partial charge in [0, 0.05) is 47.3 Å². The van der Waals surface area contributed by atoms with Crippen molar-refractivity contribution in [1.82, 2.24) is 4.57 Å². The molecule has 140 valence electrons. The van der Waals surface area contributed by atoms with Gasteiger partial charge in [0.1, 0.15) is 0 Å². The summed E-state index contributed by atoms with van der Waals surface area (Å²) >= 11 is 0. The Morgan fingerprint density at radius 1 is 1.11 bits per heavy atom. The van der Waals surface area contributed by atoms with Gasteiger partial charge in [0.2, 0.25) is 5.91 Å². The summed E-state index contributed by atoms with van der Waals surface area (Å²) in [5.41, 5.74) is 1.42. The Hall–Kier alpha value is -2.86. The molecular weight excluding hydrogens is 344 g/mol. The molecule has 0 bridgehead atoms. The minimum Gasteiger partial charge on any atom is -0.480 e. The van der Waals surface area contributed by atoms with Gasteiger partial charge in [0.15, 0.2) is 5.41 Å². The summed E-state index contributed by atoms with van der Waals surface area (Å²) in [7, 11) is 0. The molecule has 6 heteroatoms. The first-order valence-corrected chi connectivity index (χ1v) is 9.20. The number of hydrogen-bond donors (Lipinski definition) is 2. The van der Waals surface area contributed by atoms with E-state index in [4.69, 9.17) is 4.74 Å². The van der Waals surface area contributed by atoms with Gasteiger partial charge in [-0.3, -0.25) is 9.59 Å². The number of ether oxygens (including phenoxy) is 1. The van der Waals surface area contributed by atoms with Crippen molar-refractivity contribution in [3.63, 3.8) is 0 Å². The maximum Gasteiger partial charge on any atom is 0.319 e. The van der Waals surface area contributed by atoms with Gasteiger partial charge in [0.05, 0.1) is 0 Å². The second kappa shape index (κ2) is 6.70. The number of rotatable bonds is 4. The minimum absolute atomic E-state index is 0.186. The zero-order chi connectivity index (χ0) is 19.0. The number of nitrogens with zero attached hydrogens (tertiary/aromatic N) is 1. The fourth-order valence-electron chi connectivity index (χ4n) is 3.98. The van der Waals surface area contributed by atoms with Gasteiger partial charge in [-0.05, 0) is 44.0 Å². The van der Waals surface area contributed by atoms with Crippen molar-refractivity contribution in [2.45, 2.75) is 26.3 Å². The van der Waals surface area contributed by atoms with Crippen LogP contribution in [0.15, 0.2) is 42.5 Å². The Bertz CT molecular complexity index is 1030. The van der Waals surface area contributed by atoms with E-state index in [0.717, 1.165) is 28.4 Å². The van der Waals surface area contributed by atoms with Crippen molar-refractivity contribution in [2.75, 3.05) is 18.5 Å². The molecule has 1 aliphatic rings. The monoisotopic (exact) mass is 366 g/mol. The van der Waals surface area contributed by atoms with E-state index in [1.54, 1.807) is 0 Å². The minimum atomic E-state index is -1.43. The molecule has 1 aromatic heterocycles. The van der Waals surface area contributed by atoms with Gasteiger partial charge in [-0.1, -0.05) is 18.2 Å². The van der Waals surface area contributed by atoms with Crippen molar-refractivity contribution >= 4 is 39.4 Å². The fraction of sp³-hybridized carbons (Fsp3) is 0.333. The van der Waals surface area contributed by atoms with Crippen LogP contribution in [0.3, 0.4) is 0 Å². The molecular formula is C21H22N2O4. The van der Waals surface area contributed by atoms with Gasteiger partial charge in [-0.15, -0.1) is 0 Å². The molecule has 0 spiro atoms. The number of fused-ring (bicyclic) bond motifs is 3. The topological polar surface area (TPSA) is 80.6 Å². The second-order valence-corrected chi connectivity index (χ2v) is 6.95. The van der Waals surface area contributed by atoms with Crippen LogP contribution in [0, 0.1) is 5.41 Å². The third-order valence-electron chi connectivity index (χ3n) is 5.54. The number of carboxylic acid groups (broad SMARTS) is 1. The van der Waals surface area contributed by atoms with Crippen LogP contribution in [-0.2, 0) is 20.9 Å². The summed E-state index contributed by atoms with van der Waals surface area (Å²) in [5, 5.41) is 14.7. The van der Waals surface area contributed by atoms with E-state index in [-0.39, 0.29) is 26.1 Å². The van der Waals surface area contributed by atoms with Crippen molar-refractivity contribution in [3.05, 3.63) is 42.5 Å². The summed E-state index contributed by atoms with van der Waals surface area (Å²) in [6.07, 6.45) is 0.372. The number of para-hydroxylation sites is 1. The standard InChI is InChI=1S/C21H22N2O4/c1-2-23-17-6-4-3-5-15(17)16-13-14(7-8-18(16)23)22-19(24)21(20(25)26)9-11-27-12-10-21/h3-8,13H,2,9-12H2,1H3,(H,22,24)(H,25,26). The molecule has 1 aliphatic heterocycles. The fourth-order valence-corrected chi connectivity index (χ4v) is 3.98. The summed E-state index contributed by atoms with van der Waals surface area (Å²) in [6.45, 7) is 3.51. The number of benzene rings is 2. The SMILES string of the molecule is CCn1c2ccccc2c2cc(NC(=O)C3(C(=O)O)CCOCC3)ccc21. The van der Waals surface area contributed by atoms with Gasteiger partial charge in [0.25, 0.3) is 0 Å². The zero-order valence-corrected chi connectivity index (χ0v) is 15.2. The Labute approximate surface area is 156 Å². The first kappa shape index (κ1) is 17.5. The van der Waals surface area contributed by atoms with Crippen LogP contribution in [-0.4, -0.2) is 34.8 Å². The van der Waals surface area contributed by atoms with Crippen molar-refractivity contribution in [2.24, 2.45) is 5.41 Å². The van der Waals surface area contributed by atoms with Crippen molar-refractivity contribution in [1.29, 1.82) is 0 Å². The average molecular weight is 366 g/mol. The highest BCUT2D eigenvalue weighted by Gasteiger charge is 2.47. The molecule has 0 radical (unpaired) electrons. The lowest BCUT2D eigenvalue weighted by Gasteiger charge is -2.31. The number of nitrogens with one attached hydrogen (secondary N) is 1. The molecule has 2 heterocycles. The Morgan fingerprint density at radius 3 is 2.52 bits per heavy atom. The van der Waals surface area contributed by atoms with Crippen LogP contribution in [0.1, 0.15) is 19.8 Å². The van der Waals surface area contributed by atoms with Gasteiger partial charge in [-0.2, -0.15) is 0 Å². The molecule has 1 fully saturated rings. The normalized spacial score (nSPS) is 16.5. The highest BCUT2D eigenvalue weighted by atomic mass is 16.5. The smallest absolute Gasteiger partial charge is 0.319 e. The molecule has 1 saturated heterocycles. The molecule has 3 aromatic rings. The largest absolute Gasteiger partial charge is 0.480 e. The van der Waals surface area contributed by atoms with Crippen LogP contribution >= 0.6 is 0 Å². The van der Waals surface area contributed by atoms with Crippen molar-refractivity contribution < 1.29 is 19.4 Å². The van der Waals surface area contributed by atoms with Crippen LogP contribution in [0.25, 0.3) is 21.8 Å². The molecule has 2 N–H and O–H groups in total. The van der Waals surface area contributed by atoms with Crippen LogP contribution < -0.4 is 5.32 Å². The number of aryl methyl sites for hydroxylation is 1. The molecule has 0 unspecified atom stereocenters. The van der Waals surface area contributed by atoms with Gasteiger partial charge < -0.3 is 19.7 Å². The number of anilines is 1. The number of hydrogen-bond acceptors (Lipinski definition) is 3. The third-order valence-corrected chi connectivity index (χ3v) is 5.54. The summed E-state index contributed by atoms with van der Waals surface area (Å²) < 4.78 is 7.48. The first-order valence-electron chi connectivity index (χ1n) is 9.20. The predicted molar refractivity (Wildman–Crippen MR) is 104 cm³/mol. The molecule has 4 rings (SSSR count). The summed E-state index contributed by atoms with van der Waals surface area (Å²) in [6, 6.07) is 13.9. The van der Waals surface area contributed by atoms with Gasteiger partial charge >= 0.3 is 5.97 Å². The van der Waals surface area contributed by atoms with E-state index in [9.17, 15) is 14.7 Å². The average Bonchev–Trinajstić information content (AvgIpc) is 3.01. The van der Waals surface area contributed by atoms with Crippen molar-refractivity contribution in [3.8, 4) is 0 Å². The quantitative estimate of drug-likeness (QED) is 0.691. The Balaban J connectivity index is 1.73. The van der Waals surface area contributed by atoms with E-state index < -0.39 is 17.3 Å². The molecule has 2 aromatic carbocycles. The zero-order valence-electron chi connectivity index (χ0n) is 15.2. The summed E-state index contributed by atoms with van der Waals surface area (Å²) in [5.74, 6) is -1.57. The van der Waals surface area contributed by atoms with Crippen LogP contribution in [0.4, 0.5) is 5.69 Å². The molecule has 6 nitrogen and oxygen atoms in total. The number of aliphatic carboxylic acids is 1. The lowest BCUT2D eigenvalue weighted by Crippen LogP contribution is -2.47.